The van der Waals surface area contributed by atoms with Crippen molar-refractivity contribution in [1.29, 1.82) is 0 Å². The summed E-state index contributed by atoms with van der Waals surface area (Å²) in [6.07, 6.45) is 0.436. The molecule has 1 aromatic carbocycles. The van der Waals surface area contributed by atoms with Crippen LogP contribution in [0.2, 0.25) is 0 Å². The number of hydrogen-bond donors (Lipinski definition) is 1. The molecular weight excluding hydrogens is 332 g/mol. The van der Waals surface area contributed by atoms with Gasteiger partial charge in [-0.2, -0.15) is 5.10 Å². The average molecular weight is 353 g/mol. The fourth-order valence-electron chi connectivity index (χ4n) is 2.15. The molecule has 114 valence electrons. The van der Waals surface area contributed by atoms with Gasteiger partial charge < -0.3 is 9.84 Å². The highest BCUT2D eigenvalue weighted by Crippen LogP contribution is 2.24. The van der Waals surface area contributed by atoms with Gasteiger partial charge in [-0.25, -0.2) is 0 Å². The second-order valence-electron chi connectivity index (χ2n) is 4.91. The van der Waals surface area contributed by atoms with Crippen molar-refractivity contribution < 1.29 is 9.84 Å². The minimum atomic E-state index is -0.457. The maximum atomic E-state index is 9.50. The van der Waals surface area contributed by atoms with Gasteiger partial charge in [-0.3, -0.25) is 4.68 Å². The summed E-state index contributed by atoms with van der Waals surface area (Å²) >= 11 is 3.61. The van der Waals surface area contributed by atoms with Crippen molar-refractivity contribution >= 4 is 15.9 Å². The van der Waals surface area contributed by atoms with Crippen LogP contribution in [0.3, 0.4) is 0 Å². The van der Waals surface area contributed by atoms with E-state index in [1.54, 1.807) is 6.92 Å². The van der Waals surface area contributed by atoms with Crippen LogP contribution in [0, 0.1) is 0 Å². The van der Waals surface area contributed by atoms with Crippen LogP contribution < -0.4 is 4.74 Å². The third kappa shape index (κ3) is 3.66. The Morgan fingerprint density at radius 2 is 1.95 bits per heavy atom. The lowest BCUT2D eigenvalue weighted by atomic mass is 10.1. The van der Waals surface area contributed by atoms with E-state index in [0.29, 0.717) is 6.61 Å². The first kappa shape index (κ1) is 16.0. The molecule has 0 spiro atoms. The van der Waals surface area contributed by atoms with Gasteiger partial charge in [0.25, 0.3) is 0 Å². The van der Waals surface area contributed by atoms with E-state index in [-0.39, 0.29) is 0 Å². The predicted octanol–water partition coefficient (Wildman–Crippen LogP) is 3.86. The van der Waals surface area contributed by atoms with E-state index in [2.05, 4.69) is 34.9 Å². The Labute approximate surface area is 133 Å². The second-order valence-corrected chi connectivity index (χ2v) is 5.70. The molecule has 0 saturated carbocycles. The molecule has 0 unspecified atom stereocenters. The molecule has 1 atom stereocenters. The normalized spacial score (nSPS) is 12.4. The third-order valence-corrected chi connectivity index (χ3v) is 4.35. The molecular formula is C16H21BrN2O2. The Morgan fingerprint density at radius 1 is 1.29 bits per heavy atom. The van der Waals surface area contributed by atoms with Crippen LogP contribution in [0.25, 0.3) is 0 Å². The van der Waals surface area contributed by atoms with Gasteiger partial charge in [0.15, 0.2) is 0 Å². The molecule has 5 heteroatoms. The smallest absolute Gasteiger partial charge is 0.131 e. The minimum absolute atomic E-state index is 0.457. The number of benzene rings is 1. The topological polar surface area (TPSA) is 47.3 Å². The molecule has 0 bridgehead atoms. The third-order valence-electron chi connectivity index (χ3n) is 3.43. The Kier molecular flexibility index (Phi) is 5.42. The molecule has 0 radical (unpaired) electrons. The number of rotatable bonds is 6. The highest BCUT2D eigenvalue weighted by molar-refractivity contribution is 9.10. The summed E-state index contributed by atoms with van der Waals surface area (Å²) in [6, 6.07) is 7.51. The van der Waals surface area contributed by atoms with Crippen LogP contribution in [0.4, 0.5) is 0 Å². The molecule has 21 heavy (non-hydrogen) atoms. The minimum Gasteiger partial charge on any atom is -0.487 e. The molecule has 0 amide bonds. The number of aromatic nitrogens is 2. The van der Waals surface area contributed by atoms with Crippen molar-refractivity contribution in [3.8, 4) is 5.75 Å². The van der Waals surface area contributed by atoms with Crippen molar-refractivity contribution in [2.75, 3.05) is 0 Å². The Bertz CT molecular complexity index is 591. The Morgan fingerprint density at radius 3 is 2.48 bits per heavy atom. The molecule has 1 aromatic heterocycles. The SMILES string of the molecule is CCc1nn(CC)c(COc2ccc([C@H](C)O)cc2)c1Br. The van der Waals surface area contributed by atoms with Gasteiger partial charge in [0.2, 0.25) is 0 Å². The lowest BCUT2D eigenvalue weighted by Crippen LogP contribution is -2.06. The van der Waals surface area contributed by atoms with Gasteiger partial charge >= 0.3 is 0 Å². The van der Waals surface area contributed by atoms with Gasteiger partial charge in [-0.15, -0.1) is 0 Å². The number of aliphatic hydroxyl groups is 1. The van der Waals surface area contributed by atoms with E-state index in [0.717, 1.165) is 40.1 Å². The largest absolute Gasteiger partial charge is 0.487 e. The monoisotopic (exact) mass is 352 g/mol. The summed E-state index contributed by atoms with van der Waals surface area (Å²) in [5, 5.41) is 14.1. The molecule has 1 heterocycles. The highest BCUT2D eigenvalue weighted by atomic mass is 79.9. The number of ether oxygens (including phenoxy) is 1. The fraction of sp³-hybridized carbons (Fsp3) is 0.438. The summed E-state index contributed by atoms with van der Waals surface area (Å²) < 4.78 is 8.84. The molecule has 0 saturated heterocycles. The van der Waals surface area contributed by atoms with E-state index < -0.39 is 6.10 Å². The summed E-state index contributed by atoms with van der Waals surface area (Å²) in [6.45, 7) is 7.19. The zero-order valence-corrected chi connectivity index (χ0v) is 14.2. The first-order valence-corrected chi connectivity index (χ1v) is 8.01. The quantitative estimate of drug-likeness (QED) is 0.858. The van der Waals surface area contributed by atoms with E-state index in [1.807, 2.05) is 28.9 Å². The fourth-order valence-corrected chi connectivity index (χ4v) is 2.83. The van der Waals surface area contributed by atoms with E-state index in [1.165, 1.54) is 0 Å². The van der Waals surface area contributed by atoms with Crippen LogP contribution in [0.5, 0.6) is 5.75 Å². The van der Waals surface area contributed by atoms with E-state index in [4.69, 9.17) is 4.74 Å². The summed E-state index contributed by atoms with van der Waals surface area (Å²) in [7, 11) is 0. The zero-order chi connectivity index (χ0) is 15.4. The van der Waals surface area contributed by atoms with Crippen LogP contribution in [0.15, 0.2) is 28.7 Å². The first-order valence-electron chi connectivity index (χ1n) is 7.21. The van der Waals surface area contributed by atoms with Crippen LogP contribution in [-0.4, -0.2) is 14.9 Å². The molecule has 0 aliphatic carbocycles. The second kappa shape index (κ2) is 7.09. The van der Waals surface area contributed by atoms with Crippen molar-refractivity contribution in [3.63, 3.8) is 0 Å². The molecule has 0 fully saturated rings. The van der Waals surface area contributed by atoms with E-state index >= 15 is 0 Å². The first-order chi connectivity index (χ1) is 10.1. The van der Waals surface area contributed by atoms with Crippen LogP contribution in [-0.2, 0) is 19.6 Å². The Hall–Kier alpha value is -1.33. The molecule has 0 aliphatic heterocycles. The number of halogens is 1. The van der Waals surface area contributed by atoms with Gasteiger partial charge in [-0.05, 0) is 53.9 Å². The van der Waals surface area contributed by atoms with Gasteiger partial charge in [0, 0.05) is 6.54 Å². The zero-order valence-electron chi connectivity index (χ0n) is 12.6. The van der Waals surface area contributed by atoms with Gasteiger partial charge in [0.05, 0.1) is 22.0 Å². The van der Waals surface area contributed by atoms with Crippen molar-refractivity contribution in [2.24, 2.45) is 0 Å². The van der Waals surface area contributed by atoms with Crippen LogP contribution >= 0.6 is 15.9 Å². The highest BCUT2D eigenvalue weighted by Gasteiger charge is 2.14. The number of aryl methyl sites for hydroxylation is 2. The summed E-state index contributed by atoms with van der Waals surface area (Å²) in [4.78, 5) is 0. The maximum absolute atomic E-state index is 9.50. The van der Waals surface area contributed by atoms with E-state index in [9.17, 15) is 5.11 Å². The van der Waals surface area contributed by atoms with Crippen molar-refractivity contribution in [2.45, 2.75) is 46.4 Å². The van der Waals surface area contributed by atoms with Gasteiger partial charge in [0.1, 0.15) is 12.4 Å². The van der Waals surface area contributed by atoms with Gasteiger partial charge in [-0.1, -0.05) is 19.1 Å². The average Bonchev–Trinajstić information content (AvgIpc) is 2.81. The summed E-state index contributed by atoms with van der Waals surface area (Å²) in [5.41, 5.74) is 2.99. The maximum Gasteiger partial charge on any atom is 0.131 e. The number of aliphatic hydroxyl groups excluding tert-OH is 1. The predicted molar refractivity (Wildman–Crippen MR) is 86.4 cm³/mol. The lowest BCUT2D eigenvalue weighted by molar-refractivity contribution is 0.199. The molecule has 2 rings (SSSR count). The number of hydrogen-bond acceptors (Lipinski definition) is 3. The molecule has 1 N–H and O–H groups in total. The number of nitrogens with zero attached hydrogens (tertiary/aromatic N) is 2. The Balaban J connectivity index is 2.10. The van der Waals surface area contributed by atoms with Crippen molar-refractivity contribution in [3.05, 3.63) is 45.7 Å². The summed E-state index contributed by atoms with van der Waals surface area (Å²) in [5.74, 6) is 0.785. The molecule has 4 nitrogen and oxygen atoms in total. The van der Waals surface area contributed by atoms with Crippen LogP contribution in [0.1, 0.15) is 43.8 Å². The molecule has 2 aromatic rings. The lowest BCUT2D eigenvalue weighted by Gasteiger charge is -2.10. The van der Waals surface area contributed by atoms with Crippen molar-refractivity contribution in [1.82, 2.24) is 9.78 Å². The molecule has 0 aliphatic rings. The standard InChI is InChI=1S/C16H21BrN2O2/c1-4-14-16(17)15(19(5-2)18-14)10-21-13-8-6-12(7-9-13)11(3)20/h6-9,11,20H,4-5,10H2,1-3H3/t11-/m0/s1.